The molecule has 0 aromatic heterocycles. The van der Waals surface area contributed by atoms with E-state index in [2.05, 4.69) is 60.2 Å². The van der Waals surface area contributed by atoms with Crippen molar-refractivity contribution >= 4 is 45.5 Å². The van der Waals surface area contributed by atoms with Crippen LogP contribution < -0.4 is 4.90 Å². The molecule has 2 aliphatic heterocycles. The van der Waals surface area contributed by atoms with Crippen LogP contribution in [-0.4, -0.2) is 28.2 Å². The smallest absolute Gasteiger partial charge is 0.274 e. The van der Waals surface area contributed by atoms with Crippen molar-refractivity contribution in [3.8, 4) is 0 Å². The second-order valence-corrected chi connectivity index (χ2v) is 7.25. The summed E-state index contributed by atoms with van der Waals surface area (Å²) in [5.74, 6) is -0.0390. The monoisotopic (exact) mass is 368 g/mol. The zero-order valence-corrected chi connectivity index (χ0v) is 16.0. The Morgan fingerprint density at radius 2 is 2.04 bits per heavy atom. The van der Waals surface area contributed by atoms with Crippen LogP contribution in [-0.2, 0) is 4.79 Å². The predicted molar refractivity (Wildman–Crippen MR) is 110 cm³/mol. The summed E-state index contributed by atoms with van der Waals surface area (Å²) in [6.07, 6.45) is 9.03. The number of hydrogen-bond acceptors (Lipinski definition) is 4. The summed E-state index contributed by atoms with van der Waals surface area (Å²) in [6, 6.07) is 8.41. The highest BCUT2D eigenvalue weighted by atomic mass is 32.2. The van der Waals surface area contributed by atoms with Crippen LogP contribution in [0.3, 0.4) is 0 Å². The van der Waals surface area contributed by atoms with Crippen molar-refractivity contribution < 1.29 is 4.79 Å². The maximum Gasteiger partial charge on any atom is 0.274 e. The third-order valence-corrected chi connectivity index (χ3v) is 5.52. The summed E-state index contributed by atoms with van der Waals surface area (Å²) in [4.78, 5) is 16.6. The first-order chi connectivity index (χ1) is 12.2. The summed E-state index contributed by atoms with van der Waals surface area (Å²) in [7, 11) is 0. The van der Waals surface area contributed by atoms with Crippen LogP contribution in [0.4, 0.5) is 5.69 Å². The van der Waals surface area contributed by atoms with Crippen molar-refractivity contribution in [1.82, 2.24) is 4.90 Å². The number of anilines is 1. The van der Waals surface area contributed by atoms with E-state index < -0.39 is 0 Å². The molecule has 5 heteroatoms. The van der Waals surface area contributed by atoms with E-state index in [0.717, 1.165) is 13.0 Å². The van der Waals surface area contributed by atoms with E-state index in [1.165, 1.54) is 28.6 Å². The molecule has 0 bridgehead atoms. The molecular formula is C20H20N2OS2. The Morgan fingerprint density at radius 1 is 1.24 bits per heavy atom. The molecule has 0 unspecified atom stereocenters. The summed E-state index contributed by atoms with van der Waals surface area (Å²) in [5.41, 5.74) is 6.76. The zero-order chi connectivity index (χ0) is 17.8. The molecule has 128 valence electrons. The number of hydrogen-bond donors (Lipinski definition) is 0. The first-order valence-corrected chi connectivity index (χ1v) is 9.61. The molecule has 1 fully saturated rings. The lowest BCUT2D eigenvalue weighted by atomic mass is 9.99. The number of thioether (sulfide) groups is 1. The molecule has 25 heavy (non-hydrogen) atoms. The minimum Gasteiger partial charge on any atom is -0.348 e. The van der Waals surface area contributed by atoms with E-state index in [9.17, 15) is 4.79 Å². The quantitative estimate of drug-likeness (QED) is 0.435. The van der Waals surface area contributed by atoms with E-state index in [1.54, 1.807) is 4.90 Å². The molecule has 0 radical (unpaired) electrons. The number of allylic oxidation sites excluding steroid dienone is 3. The third kappa shape index (κ3) is 3.64. The molecule has 1 aromatic rings. The molecule has 0 N–H and O–H groups in total. The molecule has 3 nitrogen and oxygen atoms in total. The van der Waals surface area contributed by atoms with Crippen molar-refractivity contribution in [2.45, 2.75) is 20.3 Å². The zero-order valence-electron chi connectivity index (χ0n) is 14.4. The van der Waals surface area contributed by atoms with Gasteiger partial charge >= 0.3 is 0 Å². The van der Waals surface area contributed by atoms with Gasteiger partial charge in [-0.1, -0.05) is 36.5 Å². The minimum atomic E-state index is -0.0390. The number of thiocarbonyl (C=S) groups is 1. The summed E-state index contributed by atoms with van der Waals surface area (Å²) < 4.78 is 0.616. The van der Waals surface area contributed by atoms with Crippen molar-refractivity contribution in [3.05, 3.63) is 64.9 Å². The summed E-state index contributed by atoms with van der Waals surface area (Å²) >= 11 is 6.53. The fourth-order valence-electron chi connectivity index (χ4n) is 2.86. The van der Waals surface area contributed by atoms with Crippen LogP contribution in [0, 0.1) is 0 Å². The lowest BCUT2D eigenvalue weighted by Gasteiger charge is -2.26. The summed E-state index contributed by atoms with van der Waals surface area (Å²) in [5, 5.41) is 0. The van der Waals surface area contributed by atoms with Gasteiger partial charge in [-0.25, -0.2) is 0 Å². The van der Waals surface area contributed by atoms with Gasteiger partial charge in [0.2, 0.25) is 0 Å². The van der Waals surface area contributed by atoms with Crippen LogP contribution >= 0.6 is 24.0 Å². The molecule has 1 saturated heterocycles. The van der Waals surface area contributed by atoms with Gasteiger partial charge in [0, 0.05) is 30.5 Å². The Balaban J connectivity index is 1.78. The Labute approximate surface area is 158 Å². The normalized spacial score (nSPS) is 18.0. The van der Waals surface area contributed by atoms with Crippen LogP contribution in [0.5, 0.6) is 0 Å². The van der Waals surface area contributed by atoms with Gasteiger partial charge in [-0.2, -0.15) is 0 Å². The number of benzene rings is 1. The highest BCUT2D eigenvalue weighted by molar-refractivity contribution is 8.26. The number of nitrogens with zero attached hydrogens (tertiary/aromatic N) is 2. The molecule has 3 rings (SSSR count). The second kappa shape index (κ2) is 7.87. The first kappa shape index (κ1) is 17.7. The average Bonchev–Trinajstić information content (AvgIpc) is 2.91. The van der Waals surface area contributed by atoms with Crippen LogP contribution in [0.1, 0.15) is 25.8 Å². The largest absolute Gasteiger partial charge is 0.348 e. The average molecular weight is 369 g/mol. The van der Waals surface area contributed by atoms with Crippen molar-refractivity contribution in [2.24, 2.45) is 0 Å². The van der Waals surface area contributed by atoms with Gasteiger partial charge in [0.15, 0.2) is 0 Å². The Kier molecular flexibility index (Phi) is 5.59. The van der Waals surface area contributed by atoms with Crippen molar-refractivity contribution in [1.29, 1.82) is 0 Å². The fourth-order valence-corrected chi connectivity index (χ4v) is 4.15. The van der Waals surface area contributed by atoms with Crippen LogP contribution in [0.25, 0.3) is 5.57 Å². The SMILES string of the molecule is CCN1C(=O)C(=C=CCC=C2C=CN(CC)c3ccccc32)SC1=S. The number of amides is 1. The van der Waals surface area contributed by atoms with E-state index in [-0.39, 0.29) is 5.91 Å². The van der Waals surface area contributed by atoms with Crippen LogP contribution in [0.15, 0.2) is 59.3 Å². The molecule has 0 atom stereocenters. The lowest BCUT2D eigenvalue weighted by molar-refractivity contribution is -0.122. The Bertz CT molecular complexity index is 832. The highest BCUT2D eigenvalue weighted by Gasteiger charge is 2.30. The van der Waals surface area contributed by atoms with Crippen molar-refractivity contribution in [3.63, 3.8) is 0 Å². The third-order valence-electron chi connectivity index (χ3n) is 4.15. The van der Waals surface area contributed by atoms with Crippen molar-refractivity contribution in [2.75, 3.05) is 18.0 Å². The van der Waals surface area contributed by atoms with Gasteiger partial charge in [0.25, 0.3) is 5.91 Å². The van der Waals surface area contributed by atoms with Gasteiger partial charge in [0.05, 0.1) is 0 Å². The van der Waals surface area contributed by atoms with Gasteiger partial charge in [-0.15, -0.1) is 5.73 Å². The molecule has 2 aliphatic rings. The van der Waals surface area contributed by atoms with E-state index in [1.807, 2.05) is 13.0 Å². The fraction of sp³-hybridized carbons (Fsp3) is 0.250. The number of rotatable bonds is 4. The van der Waals surface area contributed by atoms with Gasteiger partial charge in [0.1, 0.15) is 9.23 Å². The molecule has 2 heterocycles. The second-order valence-electron chi connectivity index (χ2n) is 5.61. The molecular weight excluding hydrogens is 348 g/mol. The van der Waals surface area contributed by atoms with E-state index >= 15 is 0 Å². The van der Waals surface area contributed by atoms with Crippen LogP contribution in [0.2, 0.25) is 0 Å². The predicted octanol–water partition coefficient (Wildman–Crippen LogP) is 4.73. The standard InChI is InChI=1S/C20H20N2OS2/c1-3-21-14-13-15(16-10-6-7-11-17(16)21)9-5-8-12-18-19(23)22(4-2)20(24)25-18/h6-11,13-14H,3-5H2,1-2H3. The summed E-state index contributed by atoms with van der Waals surface area (Å²) in [6.45, 7) is 5.62. The van der Waals surface area contributed by atoms with Gasteiger partial charge in [-0.05, 0) is 55.8 Å². The highest BCUT2D eigenvalue weighted by Crippen LogP contribution is 2.33. The molecule has 1 amide bonds. The van der Waals surface area contributed by atoms with Gasteiger partial charge in [-0.3, -0.25) is 9.69 Å². The number of carbonyl (C=O) groups is 1. The Morgan fingerprint density at radius 3 is 2.76 bits per heavy atom. The number of fused-ring (bicyclic) bond motifs is 1. The first-order valence-electron chi connectivity index (χ1n) is 8.39. The van der Waals surface area contributed by atoms with E-state index in [0.29, 0.717) is 15.8 Å². The topological polar surface area (TPSA) is 23.6 Å². The molecule has 0 aliphatic carbocycles. The molecule has 1 aromatic carbocycles. The molecule has 0 spiro atoms. The number of carbonyl (C=O) groups excluding carboxylic acids is 1. The maximum absolute atomic E-state index is 12.1. The lowest BCUT2D eigenvalue weighted by Crippen LogP contribution is -2.27. The molecule has 0 saturated carbocycles. The van der Waals surface area contributed by atoms with Gasteiger partial charge < -0.3 is 4.90 Å². The minimum absolute atomic E-state index is 0.0390. The van der Waals surface area contributed by atoms with E-state index in [4.69, 9.17) is 12.2 Å². The Hall–Kier alpha value is -2.07. The number of likely N-dealkylation sites (N-methyl/N-ethyl adjacent to an activating group) is 1. The maximum atomic E-state index is 12.1. The number of para-hydroxylation sites is 1.